The zero-order valence-corrected chi connectivity index (χ0v) is 16.7. The van der Waals surface area contributed by atoms with Crippen LogP contribution in [0.5, 0.6) is 11.5 Å². The minimum Gasteiger partial charge on any atom is -0.489 e. The van der Waals surface area contributed by atoms with E-state index >= 15 is 0 Å². The predicted molar refractivity (Wildman–Crippen MR) is 111 cm³/mol. The van der Waals surface area contributed by atoms with Gasteiger partial charge in [0.1, 0.15) is 6.26 Å². The SMILES string of the molecule is CC[N+]1(COc2ccccc2OCCc2coc(-c3ccccc3)n2)C=NNC1=O. The van der Waals surface area contributed by atoms with Crippen LogP contribution >= 0.6 is 0 Å². The van der Waals surface area contributed by atoms with E-state index in [1.807, 2.05) is 61.5 Å². The molecule has 8 heteroatoms. The van der Waals surface area contributed by atoms with Gasteiger partial charge < -0.3 is 13.9 Å². The molecule has 1 unspecified atom stereocenters. The van der Waals surface area contributed by atoms with Gasteiger partial charge in [0, 0.05) is 12.0 Å². The molecule has 154 valence electrons. The molecule has 2 amide bonds. The molecule has 2 aromatic carbocycles. The van der Waals surface area contributed by atoms with Crippen LogP contribution in [0.4, 0.5) is 4.79 Å². The number of urea groups is 1. The standard InChI is InChI=1S/C22H22N4O4/c1-2-26(15-23-25-22(26)27)16-30-20-11-7-6-10-19(20)28-13-12-18-14-29-21(24-18)17-8-4-3-5-9-17/h3-11,14-15H,2,12-13,16H2,1H3/p+1. The quantitative estimate of drug-likeness (QED) is 0.545. The summed E-state index contributed by atoms with van der Waals surface area (Å²) in [6.07, 6.45) is 3.80. The first-order valence-corrected chi connectivity index (χ1v) is 9.76. The lowest BCUT2D eigenvalue weighted by Gasteiger charge is -2.24. The molecule has 0 fully saturated rings. The first-order chi connectivity index (χ1) is 14.7. The van der Waals surface area contributed by atoms with Crippen molar-refractivity contribution in [1.82, 2.24) is 10.4 Å². The second kappa shape index (κ2) is 8.79. The number of amides is 2. The molecule has 4 rings (SSSR count). The van der Waals surface area contributed by atoms with Gasteiger partial charge in [-0.05, 0) is 31.2 Å². The van der Waals surface area contributed by atoms with Gasteiger partial charge in [-0.25, -0.2) is 9.78 Å². The Morgan fingerprint density at radius 1 is 1.03 bits per heavy atom. The number of hydrazone groups is 1. The van der Waals surface area contributed by atoms with Gasteiger partial charge in [0.25, 0.3) is 0 Å². The number of aromatic nitrogens is 1. The molecule has 1 aliphatic heterocycles. The second-order valence-electron chi connectivity index (χ2n) is 6.84. The average molecular weight is 407 g/mol. The van der Waals surface area contributed by atoms with Crippen LogP contribution in [0.25, 0.3) is 11.5 Å². The largest absolute Gasteiger partial charge is 0.489 e. The first-order valence-electron chi connectivity index (χ1n) is 9.76. The molecule has 3 aromatic rings. The van der Waals surface area contributed by atoms with Crippen molar-refractivity contribution >= 4 is 12.4 Å². The van der Waals surface area contributed by atoms with Crippen LogP contribution in [0.15, 0.2) is 70.4 Å². The predicted octanol–water partition coefficient (Wildman–Crippen LogP) is 3.80. The first kappa shape index (κ1) is 19.7. The van der Waals surface area contributed by atoms with E-state index in [2.05, 4.69) is 15.5 Å². The highest BCUT2D eigenvalue weighted by atomic mass is 16.5. The molecule has 2 heterocycles. The second-order valence-corrected chi connectivity index (χ2v) is 6.84. The summed E-state index contributed by atoms with van der Waals surface area (Å²) in [5.74, 6) is 1.77. The van der Waals surface area contributed by atoms with Gasteiger partial charge in [-0.15, -0.1) is 5.10 Å². The van der Waals surface area contributed by atoms with Crippen LogP contribution in [0.1, 0.15) is 12.6 Å². The zero-order chi connectivity index (χ0) is 20.8. The molecule has 0 aliphatic carbocycles. The number of rotatable bonds is 9. The van der Waals surface area contributed by atoms with E-state index in [1.165, 1.54) is 0 Å². The Balaban J connectivity index is 1.35. The van der Waals surface area contributed by atoms with Crippen LogP contribution in [-0.4, -0.2) is 41.7 Å². The van der Waals surface area contributed by atoms with Crippen LogP contribution in [0.2, 0.25) is 0 Å². The smallest absolute Gasteiger partial charge is 0.445 e. The maximum Gasteiger partial charge on any atom is 0.445 e. The van der Waals surface area contributed by atoms with Crippen molar-refractivity contribution in [1.29, 1.82) is 0 Å². The van der Waals surface area contributed by atoms with Gasteiger partial charge in [-0.1, -0.05) is 30.3 Å². The van der Waals surface area contributed by atoms with Gasteiger partial charge in [0.05, 0.1) is 18.8 Å². The molecular formula is C22H23N4O4+. The van der Waals surface area contributed by atoms with E-state index in [9.17, 15) is 4.79 Å². The summed E-state index contributed by atoms with van der Waals surface area (Å²) >= 11 is 0. The van der Waals surface area contributed by atoms with Gasteiger partial charge in [0.2, 0.25) is 19.0 Å². The van der Waals surface area contributed by atoms with E-state index in [0.29, 0.717) is 37.0 Å². The normalized spacial score (nSPS) is 17.7. The van der Waals surface area contributed by atoms with E-state index in [0.717, 1.165) is 11.3 Å². The van der Waals surface area contributed by atoms with Gasteiger partial charge >= 0.3 is 6.03 Å². The third-order valence-corrected chi connectivity index (χ3v) is 4.90. The Kier molecular flexibility index (Phi) is 5.76. The van der Waals surface area contributed by atoms with Crippen LogP contribution in [-0.2, 0) is 6.42 Å². The number of carbonyl (C=O) groups excluding carboxylic acids is 1. The van der Waals surface area contributed by atoms with Crippen LogP contribution < -0.4 is 14.9 Å². The van der Waals surface area contributed by atoms with Gasteiger partial charge in [0.15, 0.2) is 11.5 Å². The van der Waals surface area contributed by atoms with Crippen molar-refractivity contribution in [2.24, 2.45) is 5.10 Å². The Bertz CT molecular complexity index is 1030. The summed E-state index contributed by atoms with van der Waals surface area (Å²) in [7, 11) is 0. The molecule has 1 aromatic heterocycles. The summed E-state index contributed by atoms with van der Waals surface area (Å²) in [4.78, 5) is 16.6. The molecule has 1 aliphatic rings. The van der Waals surface area contributed by atoms with Gasteiger partial charge in [-0.3, -0.25) is 0 Å². The van der Waals surface area contributed by atoms with Crippen molar-refractivity contribution in [3.8, 4) is 23.0 Å². The molecule has 0 radical (unpaired) electrons. The van der Waals surface area contributed by atoms with Crippen LogP contribution in [0, 0.1) is 0 Å². The highest BCUT2D eigenvalue weighted by molar-refractivity contribution is 5.79. The fourth-order valence-electron chi connectivity index (χ4n) is 3.03. The highest BCUT2D eigenvalue weighted by Crippen LogP contribution is 2.28. The molecule has 1 N–H and O–H groups in total. The van der Waals surface area contributed by atoms with E-state index in [-0.39, 0.29) is 17.2 Å². The van der Waals surface area contributed by atoms with Crippen LogP contribution in [0.3, 0.4) is 0 Å². The minimum atomic E-state index is -0.212. The third kappa shape index (κ3) is 4.18. The number of nitrogens with one attached hydrogen (secondary N) is 1. The maximum atomic E-state index is 12.1. The molecule has 0 spiro atoms. The van der Waals surface area contributed by atoms with E-state index in [4.69, 9.17) is 13.9 Å². The number of para-hydroxylation sites is 2. The highest BCUT2D eigenvalue weighted by Gasteiger charge is 2.39. The lowest BCUT2D eigenvalue weighted by molar-refractivity contribution is -0.765. The number of carbonyl (C=O) groups is 1. The summed E-state index contributed by atoms with van der Waals surface area (Å²) in [5.41, 5.74) is 4.20. The Labute approximate surface area is 174 Å². The molecular weight excluding hydrogens is 384 g/mol. The molecule has 0 saturated carbocycles. The van der Waals surface area contributed by atoms with Crippen molar-refractivity contribution < 1.29 is 23.2 Å². The van der Waals surface area contributed by atoms with E-state index in [1.54, 1.807) is 12.6 Å². The van der Waals surface area contributed by atoms with Gasteiger partial charge in [-0.2, -0.15) is 9.91 Å². The Morgan fingerprint density at radius 2 is 1.77 bits per heavy atom. The topological polar surface area (TPSA) is 85.9 Å². The number of oxazole rings is 1. The lowest BCUT2D eigenvalue weighted by atomic mass is 10.2. The average Bonchev–Trinajstić information content (AvgIpc) is 3.41. The molecule has 8 nitrogen and oxygen atoms in total. The third-order valence-electron chi connectivity index (χ3n) is 4.90. The van der Waals surface area contributed by atoms with Crippen molar-refractivity contribution in [2.45, 2.75) is 13.3 Å². The number of ether oxygens (including phenoxy) is 2. The Hall–Kier alpha value is -3.65. The summed E-state index contributed by atoms with van der Waals surface area (Å²) < 4.78 is 17.4. The van der Waals surface area contributed by atoms with E-state index < -0.39 is 0 Å². The Morgan fingerprint density at radius 3 is 2.47 bits per heavy atom. The molecule has 0 bridgehead atoms. The summed E-state index contributed by atoms with van der Waals surface area (Å²) in [5, 5.41) is 3.85. The molecule has 1 atom stereocenters. The zero-order valence-electron chi connectivity index (χ0n) is 16.7. The number of hydrogen-bond acceptors (Lipinski definition) is 6. The fourth-order valence-corrected chi connectivity index (χ4v) is 3.03. The number of nitrogens with zero attached hydrogens (tertiary/aromatic N) is 3. The number of benzene rings is 2. The van der Waals surface area contributed by atoms with Crippen molar-refractivity contribution in [2.75, 3.05) is 19.9 Å². The number of quaternary nitrogens is 1. The lowest BCUT2D eigenvalue weighted by Crippen LogP contribution is -2.53. The van der Waals surface area contributed by atoms with Crippen molar-refractivity contribution in [3.63, 3.8) is 0 Å². The van der Waals surface area contributed by atoms with Crippen molar-refractivity contribution in [3.05, 3.63) is 66.6 Å². The number of hydrogen-bond donors (Lipinski definition) is 1. The maximum absolute atomic E-state index is 12.1. The summed E-state index contributed by atoms with van der Waals surface area (Å²) in [6, 6.07) is 16.9. The molecule has 0 saturated heterocycles. The molecule has 30 heavy (non-hydrogen) atoms. The fraction of sp³-hybridized carbons (Fsp3) is 0.227. The monoisotopic (exact) mass is 407 g/mol. The summed E-state index contributed by atoms with van der Waals surface area (Å²) in [6.45, 7) is 2.99. The minimum absolute atomic E-state index is 0.0183.